The molecule has 0 spiro atoms. The van der Waals surface area contributed by atoms with Crippen LogP contribution in [0.1, 0.15) is 6.92 Å². The second-order valence-corrected chi connectivity index (χ2v) is 4.31. The lowest BCUT2D eigenvalue weighted by Crippen LogP contribution is -2.06. The van der Waals surface area contributed by atoms with Gasteiger partial charge in [0.1, 0.15) is 6.33 Å². The lowest BCUT2D eigenvalue weighted by atomic mass is 10.2. The van der Waals surface area contributed by atoms with Gasteiger partial charge >= 0.3 is 5.69 Å². The molecule has 9 heteroatoms. The molecule has 0 atom stereocenters. The van der Waals surface area contributed by atoms with Gasteiger partial charge in [-0.3, -0.25) is 14.9 Å². The summed E-state index contributed by atoms with van der Waals surface area (Å²) in [5, 5.41) is 19.3. The van der Waals surface area contributed by atoms with Crippen LogP contribution in [0, 0.1) is 10.1 Å². The summed E-state index contributed by atoms with van der Waals surface area (Å²) in [6.07, 6.45) is 1.23. The van der Waals surface area contributed by atoms with E-state index in [2.05, 4.69) is 25.9 Å². The number of hydrogen-bond acceptors (Lipinski definition) is 7. The number of benzene rings is 1. The van der Waals surface area contributed by atoms with Crippen LogP contribution in [0.15, 0.2) is 30.6 Å². The first-order valence-corrected chi connectivity index (χ1v) is 6.33. The van der Waals surface area contributed by atoms with Crippen molar-refractivity contribution >= 4 is 34.6 Å². The fraction of sp³-hybridized carbons (Fsp3) is 0.154. The van der Waals surface area contributed by atoms with E-state index in [1.807, 2.05) is 0 Å². The van der Waals surface area contributed by atoms with Crippen molar-refractivity contribution in [1.82, 2.24) is 9.97 Å². The summed E-state index contributed by atoms with van der Waals surface area (Å²) in [6.45, 7) is 1.41. The fourth-order valence-corrected chi connectivity index (χ4v) is 1.80. The smallest absolute Gasteiger partial charge is 0.353 e. The van der Waals surface area contributed by atoms with Crippen molar-refractivity contribution in [3.05, 3.63) is 40.7 Å². The summed E-state index contributed by atoms with van der Waals surface area (Å²) < 4.78 is 0. The van der Waals surface area contributed by atoms with Crippen molar-refractivity contribution in [2.75, 3.05) is 23.0 Å². The average molecular weight is 302 g/mol. The van der Waals surface area contributed by atoms with Gasteiger partial charge in [-0.25, -0.2) is 9.97 Å². The summed E-state index contributed by atoms with van der Waals surface area (Å²) in [5.74, 6) is 0.0276. The van der Waals surface area contributed by atoms with Gasteiger partial charge in [-0.2, -0.15) is 0 Å². The van der Waals surface area contributed by atoms with Crippen LogP contribution >= 0.6 is 0 Å². The molecule has 1 heterocycles. The molecule has 0 bridgehead atoms. The van der Waals surface area contributed by atoms with Gasteiger partial charge in [-0.05, 0) is 24.3 Å². The minimum atomic E-state index is -0.556. The van der Waals surface area contributed by atoms with Gasteiger partial charge in [0.05, 0.1) is 4.92 Å². The standard InChI is InChI=1S/C13H14N6O3/c1-8(20)17-9-3-5-10(6-4-9)18-13-11(19(21)22)12(14-2)15-7-16-13/h3-7H,1-2H3,(H,17,20)(H2,14,15,16,18). The van der Waals surface area contributed by atoms with Gasteiger partial charge in [0.25, 0.3) is 0 Å². The Bertz CT molecular complexity index is 701. The zero-order valence-electron chi connectivity index (χ0n) is 12.0. The summed E-state index contributed by atoms with van der Waals surface area (Å²) in [4.78, 5) is 29.3. The molecule has 0 fully saturated rings. The van der Waals surface area contributed by atoms with Crippen molar-refractivity contribution < 1.29 is 9.72 Å². The van der Waals surface area contributed by atoms with Crippen LogP contribution in [0.2, 0.25) is 0 Å². The SMILES string of the molecule is CNc1ncnc(Nc2ccc(NC(C)=O)cc2)c1[N+](=O)[O-]. The third-order valence-electron chi connectivity index (χ3n) is 2.71. The summed E-state index contributed by atoms with van der Waals surface area (Å²) >= 11 is 0. The summed E-state index contributed by atoms with van der Waals surface area (Å²) in [6, 6.07) is 6.71. The van der Waals surface area contributed by atoms with Gasteiger partial charge in [0.15, 0.2) is 0 Å². The molecule has 114 valence electrons. The molecule has 9 nitrogen and oxygen atoms in total. The molecule has 1 amide bonds. The number of rotatable bonds is 5. The van der Waals surface area contributed by atoms with Crippen molar-refractivity contribution in [3.63, 3.8) is 0 Å². The molecule has 0 aliphatic heterocycles. The van der Waals surface area contributed by atoms with Crippen LogP contribution in [-0.2, 0) is 4.79 Å². The third kappa shape index (κ3) is 3.45. The summed E-state index contributed by atoms with van der Waals surface area (Å²) in [5.41, 5.74) is 0.986. The Balaban J connectivity index is 2.27. The van der Waals surface area contributed by atoms with E-state index in [-0.39, 0.29) is 23.2 Å². The predicted octanol–water partition coefficient (Wildman–Crippen LogP) is 2.13. The van der Waals surface area contributed by atoms with E-state index in [0.717, 1.165) is 0 Å². The Labute approximate surface area is 125 Å². The monoisotopic (exact) mass is 302 g/mol. The topological polar surface area (TPSA) is 122 Å². The number of anilines is 4. The zero-order chi connectivity index (χ0) is 16.1. The molecule has 0 aliphatic rings. The third-order valence-corrected chi connectivity index (χ3v) is 2.71. The van der Waals surface area contributed by atoms with E-state index >= 15 is 0 Å². The number of amides is 1. The Hall–Kier alpha value is -3.23. The molecule has 0 unspecified atom stereocenters. The molecular weight excluding hydrogens is 288 g/mol. The van der Waals surface area contributed by atoms with Gasteiger partial charge in [0, 0.05) is 25.3 Å². The van der Waals surface area contributed by atoms with E-state index in [1.54, 1.807) is 31.3 Å². The van der Waals surface area contributed by atoms with Crippen LogP contribution in [0.25, 0.3) is 0 Å². The van der Waals surface area contributed by atoms with Crippen LogP contribution in [0.4, 0.5) is 28.7 Å². The highest BCUT2D eigenvalue weighted by molar-refractivity contribution is 5.89. The van der Waals surface area contributed by atoms with Gasteiger partial charge < -0.3 is 16.0 Å². The van der Waals surface area contributed by atoms with Crippen molar-refractivity contribution in [1.29, 1.82) is 0 Å². The first-order valence-electron chi connectivity index (χ1n) is 6.33. The van der Waals surface area contributed by atoms with Crippen molar-refractivity contribution in [2.24, 2.45) is 0 Å². The second kappa shape index (κ2) is 6.48. The number of hydrogen-bond donors (Lipinski definition) is 3. The first kappa shape index (κ1) is 15.2. The molecular formula is C13H14N6O3. The van der Waals surface area contributed by atoms with Gasteiger partial charge in [-0.15, -0.1) is 0 Å². The van der Waals surface area contributed by atoms with Crippen molar-refractivity contribution in [2.45, 2.75) is 6.92 Å². The Kier molecular flexibility index (Phi) is 4.47. The fourth-order valence-electron chi connectivity index (χ4n) is 1.80. The molecule has 22 heavy (non-hydrogen) atoms. The highest BCUT2D eigenvalue weighted by Crippen LogP contribution is 2.30. The minimum Gasteiger partial charge on any atom is -0.367 e. The Morgan fingerprint density at radius 3 is 2.27 bits per heavy atom. The van der Waals surface area contributed by atoms with Crippen LogP contribution in [0.5, 0.6) is 0 Å². The molecule has 0 radical (unpaired) electrons. The molecule has 0 saturated heterocycles. The van der Waals surface area contributed by atoms with E-state index in [0.29, 0.717) is 11.4 Å². The second-order valence-electron chi connectivity index (χ2n) is 4.31. The van der Waals surface area contributed by atoms with Crippen molar-refractivity contribution in [3.8, 4) is 0 Å². The normalized spacial score (nSPS) is 9.91. The lowest BCUT2D eigenvalue weighted by Gasteiger charge is -2.09. The Morgan fingerprint density at radius 1 is 1.14 bits per heavy atom. The molecule has 2 aromatic rings. The molecule has 0 saturated carbocycles. The highest BCUT2D eigenvalue weighted by atomic mass is 16.6. The minimum absolute atomic E-state index is 0.0802. The maximum Gasteiger partial charge on any atom is 0.353 e. The maximum absolute atomic E-state index is 11.2. The molecule has 3 N–H and O–H groups in total. The maximum atomic E-state index is 11.2. The first-order chi connectivity index (χ1) is 10.5. The van der Waals surface area contributed by atoms with Gasteiger partial charge in [-0.1, -0.05) is 0 Å². The number of carbonyl (C=O) groups is 1. The number of nitro groups is 1. The van der Waals surface area contributed by atoms with E-state index in [1.165, 1.54) is 13.3 Å². The number of nitrogens with zero attached hydrogens (tertiary/aromatic N) is 3. The molecule has 1 aromatic heterocycles. The quantitative estimate of drug-likeness (QED) is 0.571. The van der Waals surface area contributed by atoms with Crippen LogP contribution < -0.4 is 16.0 Å². The average Bonchev–Trinajstić information content (AvgIpc) is 2.48. The number of aromatic nitrogens is 2. The van der Waals surface area contributed by atoms with Crippen LogP contribution in [-0.4, -0.2) is 27.8 Å². The zero-order valence-corrected chi connectivity index (χ0v) is 12.0. The van der Waals surface area contributed by atoms with E-state index in [4.69, 9.17) is 0 Å². The predicted molar refractivity (Wildman–Crippen MR) is 82.3 cm³/mol. The van der Waals surface area contributed by atoms with Crippen LogP contribution in [0.3, 0.4) is 0 Å². The largest absolute Gasteiger partial charge is 0.367 e. The van der Waals surface area contributed by atoms with E-state index < -0.39 is 4.92 Å². The molecule has 2 rings (SSSR count). The summed E-state index contributed by atoms with van der Waals surface area (Å²) in [7, 11) is 1.54. The molecule has 1 aromatic carbocycles. The molecule has 0 aliphatic carbocycles. The highest BCUT2D eigenvalue weighted by Gasteiger charge is 2.22. The number of nitrogens with one attached hydrogen (secondary N) is 3. The Morgan fingerprint density at radius 2 is 1.73 bits per heavy atom. The lowest BCUT2D eigenvalue weighted by molar-refractivity contribution is -0.383. The number of carbonyl (C=O) groups excluding carboxylic acids is 1. The van der Waals surface area contributed by atoms with Gasteiger partial charge in [0.2, 0.25) is 17.5 Å². The van der Waals surface area contributed by atoms with E-state index in [9.17, 15) is 14.9 Å².